The van der Waals surface area contributed by atoms with Gasteiger partial charge in [0, 0.05) is 5.57 Å². The first-order valence-corrected chi connectivity index (χ1v) is 4.65. The normalized spacial score (nSPS) is 32.2. The van der Waals surface area contributed by atoms with E-state index in [1.807, 2.05) is 32.9 Å². The number of hydrogen-bond donors (Lipinski definition) is 0. The minimum Gasteiger partial charge on any atom is -0.356 e. The fourth-order valence-electron chi connectivity index (χ4n) is 1.72. The van der Waals surface area contributed by atoms with Crippen LogP contribution in [0.25, 0.3) is 0 Å². The summed E-state index contributed by atoms with van der Waals surface area (Å²) >= 11 is 0. The van der Waals surface area contributed by atoms with Crippen molar-refractivity contribution in [3.05, 3.63) is 23.3 Å². The van der Waals surface area contributed by atoms with Crippen LogP contribution in [0.1, 0.15) is 20.8 Å². The van der Waals surface area contributed by atoms with Gasteiger partial charge in [-0.2, -0.15) is 0 Å². The van der Waals surface area contributed by atoms with E-state index in [1.54, 1.807) is 0 Å². The average molecular weight is 178 g/mol. The van der Waals surface area contributed by atoms with Gasteiger partial charge in [0.25, 0.3) is 0 Å². The molecule has 2 nitrogen and oxygen atoms in total. The molecule has 70 valence electrons. The van der Waals surface area contributed by atoms with Gasteiger partial charge in [0.05, 0.1) is 6.61 Å². The Morgan fingerprint density at radius 2 is 2.08 bits per heavy atom. The Kier molecular flexibility index (Phi) is 1.70. The van der Waals surface area contributed by atoms with Crippen molar-refractivity contribution >= 4 is 5.78 Å². The molecule has 1 spiro atoms. The lowest BCUT2D eigenvalue weighted by Crippen LogP contribution is -2.31. The molecule has 0 saturated carbocycles. The molecule has 0 aromatic heterocycles. The molecule has 0 unspecified atom stereocenters. The predicted molar refractivity (Wildman–Crippen MR) is 50.4 cm³/mol. The molecule has 2 aliphatic rings. The summed E-state index contributed by atoms with van der Waals surface area (Å²) in [5, 5.41) is 0. The summed E-state index contributed by atoms with van der Waals surface area (Å²) in [5.41, 5.74) is 1.39. The van der Waals surface area contributed by atoms with Gasteiger partial charge in [-0.3, -0.25) is 4.79 Å². The van der Waals surface area contributed by atoms with Crippen molar-refractivity contribution in [3.8, 4) is 0 Å². The second-order valence-electron chi connectivity index (χ2n) is 4.07. The van der Waals surface area contributed by atoms with Crippen LogP contribution in [-0.2, 0) is 9.53 Å². The van der Waals surface area contributed by atoms with E-state index in [0.717, 1.165) is 11.1 Å². The zero-order valence-corrected chi connectivity index (χ0v) is 8.26. The van der Waals surface area contributed by atoms with Crippen LogP contribution in [0.3, 0.4) is 0 Å². The maximum atomic E-state index is 11.9. The number of hydrogen-bond acceptors (Lipinski definition) is 2. The minimum absolute atomic E-state index is 0.169. The van der Waals surface area contributed by atoms with Crippen LogP contribution < -0.4 is 0 Å². The molecule has 0 N–H and O–H groups in total. The van der Waals surface area contributed by atoms with Crippen LogP contribution in [0.4, 0.5) is 0 Å². The van der Waals surface area contributed by atoms with E-state index in [1.165, 1.54) is 0 Å². The van der Waals surface area contributed by atoms with Crippen molar-refractivity contribution in [2.75, 3.05) is 6.61 Å². The van der Waals surface area contributed by atoms with Gasteiger partial charge in [0.1, 0.15) is 0 Å². The van der Waals surface area contributed by atoms with Gasteiger partial charge in [-0.15, -0.1) is 0 Å². The quantitative estimate of drug-likeness (QED) is 0.574. The van der Waals surface area contributed by atoms with Gasteiger partial charge >= 0.3 is 0 Å². The SMILES string of the molecule is CC1=CC=C(C(C)C)C(=O)[C@]12CO2. The van der Waals surface area contributed by atoms with E-state index in [9.17, 15) is 4.79 Å². The maximum absolute atomic E-state index is 11.9. The smallest absolute Gasteiger partial charge is 0.197 e. The molecule has 1 aliphatic carbocycles. The van der Waals surface area contributed by atoms with E-state index >= 15 is 0 Å². The zero-order valence-electron chi connectivity index (χ0n) is 8.26. The van der Waals surface area contributed by atoms with Crippen molar-refractivity contribution in [3.63, 3.8) is 0 Å². The largest absolute Gasteiger partial charge is 0.356 e. The highest BCUT2D eigenvalue weighted by Crippen LogP contribution is 2.41. The molecule has 0 radical (unpaired) electrons. The average Bonchev–Trinajstić information content (AvgIpc) is 2.81. The number of epoxide rings is 1. The number of carbonyl (C=O) groups is 1. The van der Waals surface area contributed by atoms with E-state index in [0.29, 0.717) is 6.61 Å². The minimum atomic E-state index is -0.547. The van der Waals surface area contributed by atoms with Crippen LogP contribution in [0.5, 0.6) is 0 Å². The Hall–Kier alpha value is -0.890. The fourth-order valence-corrected chi connectivity index (χ4v) is 1.72. The first-order valence-electron chi connectivity index (χ1n) is 4.65. The molecule has 0 bridgehead atoms. The monoisotopic (exact) mass is 178 g/mol. The van der Waals surface area contributed by atoms with Crippen LogP contribution >= 0.6 is 0 Å². The predicted octanol–water partition coefficient (Wildman–Crippen LogP) is 1.87. The summed E-state index contributed by atoms with van der Waals surface area (Å²) in [6.45, 7) is 6.60. The van der Waals surface area contributed by atoms with Crippen LogP contribution in [0.2, 0.25) is 0 Å². The van der Waals surface area contributed by atoms with E-state index in [4.69, 9.17) is 4.74 Å². The summed E-state index contributed by atoms with van der Waals surface area (Å²) in [6.07, 6.45) is 3.93. The van der Waals surface area contributed by atoms with E-state index in [2.05, 4.69) is 0 Å². The number of carbonyl (C=O) groups excluding carboxylic acids is 1. The van der Waals surface area contributed by atoms with Crippen molar-refractivity contribution in [2.45, 2.75) is 26.4 Å². The number of rotatable bonds is 1. The Bertz CT molecular complexity index is 317. The van der Waals surface area contributed by atoms with Crippen molar-refractivity contribution in [2.24, 2.45) is 5.92 Å². The molecule has 13 heavy (non-hydrogen) atoms. The van der Waals surface area contributed by atoms with Crippen molar-refractivity contribution in [1.29, 1.82) is 0 Å². The highest BCUT2D eigenvalue weighted by atomic mass is 16.6. The number of ketones is 1. The summed E-state index contributed by atoms with van der Waals surface area (Å²) in [4.78, 5) is 11.9. The van der Waals surface area contributed by atoms with Crippen LogP contribution in [0.15, 0.2) is 23.3 Å². The van der Waals surface area contributed by atoms with Gasteiger partial charge in [0.2, 0.25) is 0 Å². The first-order chi connectivity index (χ1) is 6.08. The fraction of sp³-hybridized carbons (Fsp3) is 0.545. The van der Waals surface area contributed by atoms with Gasteiger partial charge in [-0.25, -0.2) is 0 Å². The molecule has 1 fully saturated rings. The highest BCUT2D eigenvalue weighted by molar-refractivity contribution is 6.07. The van der Waals surface area contributed by atoms with E-state index < -0.39 is 5.60 Å². The molecule has 1 saturated heterocycles. The third-order valence-corrected chi connectivity index (χ3v) is 2.83. The Morgan fingerprint density at radius 3 is 2.54 bits per heavy atom. The zero-order chi connectivity index (χ0) is 9.64. The molecular weight excluding hydrogens is 164 g/mol. The number of Topliss-reactive ketones (excluding diaryl/α,β-unsaturated/α-hetero) is 1. The molecule has 1 atom stereocenters. The summed E-state index contributed by atoms with van der Waals surface area (Å²) in [5.74, 6) is 0.459. The maximum Gasteiger partial charge on any atom is 0.197 e. The number of ether oxygens (including phenoxy) is 1. The second kappa shape index (κ2) is 2.55. The van der Waals surface area contributed by atoms with Gasteiger partial charge < -0.3 is 4.74 Å². The molecule has 0 aromatic carbocycles. The molecule has 1 heterocycles. The summed E-state index contributed by atoms with van der Waals surface area (Å²) in [7, 11) is 0. The third kappa shape index (κ3) is 1.09. The standard InChI is InChI=1S/C11H14O2/c1-7(2)9-5-4-8(3)11(6-13-11)10(9)12/h4-5,7H,6H2,1-3H3/t11-/m0/s1. The summed E-state index contributed by atoms with van der Waals surface area (Å²) < 4.78 is 5.28. The molecule has 2 heteroatoms. The second-order valence-corrected chi connectivity index (χ2v) is 4.07. The van der Waals surface area contributed by atoms with Gasteiger partial charge in [0.15, 0.2) is 11.4 Å². The van der Waals surface area contributed by atoms with Gasteiger partial charge in [-0.05, 0) is 18.4 Å². The molecule has 2 rings (SSSR count). The molecular formula is C11H14O2. The number of allylic oxidation sites excluding steroid dienone is 2. The van der Waals surface area contributed by atoms with Gasteiger partial charge in [-0.1, -0.05) is 26.0 Å². The molecule has 1 aliphatic heterocycles. The molecule has 0 aromatic rings. The van der Waals surface area contributed by atoms with Crippen molar-refractivity contribution in [1.82, 2.24) is 0 Å². The Balaban J connectivity index is 2.38. The van der Waals surface area contributed by atoms with Crippen LogP contribution in [0, 0.1) is 5.92 Å². The third-order valence-electron chi connectivity index (χ3n) is 2.83. The Morgan fingerprint density at radius 1 is 1.46 bits per heavy atom. The van der Waals surface area contributed by atoms with Crippen LogP contribution in [-0.4, -0.2) is 18.0 Å². The topological polar surface area (TPSA) is 29.6 Å². The highest BCUT2D eigenvalue weighted by Gasteiger charge is 2.55. The van der Waals surface area contributed by atoms with Crippen molar-refractivity contribution < 1.29 is 9.53 Å². The Labute approximate surface area is 78.3 Å². The molecule has 0 amide bonds. The van der Waals surface area contributed by atoms with E-state index in [-0.39, 0.29) is 11.7 Å². The lowest BCUT2D eigenvalue weighted by Gasteiger charge is -2.20. The lowest BCUT2D eigenvalue weighted by molar-refractivity contribution is -0.119. The summed E-state index contributed by atoms with van der Waals surface area (Å²) in [6, 6.07) is 0. The first kappa shape index (κ1) is 8.70. The lowest BCUT2D eigenvalue weighted by atomic mass is 9.82.